The van der Waals surface area contributed by atoms with E-state index in [2.05, 4.69) is 49.0 Å². The van der Waals surface area contributed by atoms with E-state index in [4.69, 9.17) is 14.7 Å². The average molecular weight is 390 g/mol. The highest BCUT2D eigenvalue weighted by Crippen LogP contribution is 2.32. The van der Waals surface area contributed by atoms with Crippen molar-refractivity contribution >= 4 is 5.82 Å². The lowest BCUT2D eigenvalue weighted by Gasteiger charge is -2.50. The van der Waals surface area contributed by atoms with Crippen molar-refractivity contribution in [1.82, 2.24) is 19.8 Å². The Balaban J connectivity index is 1.79. The fourth-order valence-electron chi connectivity index (χ4n) is 4.41. The summed E-state index contributed by atoms with van der Waals surface area (Å²) in [5.74, 6) is 1.81. The zero-order chi connectivity index (χ0) is 20.2. The minimum absolute atomic E-state index is 0.0850. The summed E-state index contributed by atoms with van der Waals surface area (Å²) in [5.41, 5.74) is 1.10. The Morgan fingerprint density at radius 1 is 1.07 bits per heavy atom. The van der Waals surface area contributed by atoms with E-state index in [0.717, 1.165) is 23.9 Å². The molecule has 1 N–H and O–H groups in total. The molecule has 0 atom stereocenters. The predicted octanol–water partition coefficient (Wildman–Crippen LogP) is 3.28. The molecule has 0 bridgehead atoms. The molecular weight excluding hydrogens is 350 g/mol. The van der Waals surface area contributed by atoms with Gasteiger partial charge in [0.05, 0.1) is 12.3 Å². The molecule has 0 amide bonds. The molecule has 0 spiro atoms. The van der Waals surface area contributed by atoms with Gasteiger partial charge in [0.15, 0.2) is 0 Å². The molecule has 0 aliphatic carbocycles. The Morgan fingerprint density at radius 2 is 1.75 bits per heavy atom. The summed E-state index contributed by atoms with van der Waals surface area (Å²) in [4.78, 5) is 14.8. The number of nitrogens with zero attached hydrogens (tertiary/aromatic N) is 4. The molecule has 28 heavy (non-hydrogen) atoms. The quantitative estimate of drug-likeness (QED) is 0.806. The van der Waals surface area contributed by atoms with E-state index < -0.39 is 0 Å². The third-order valence-corrected chi connectivity index (χ3v) is 6.29. The zero-order valence-electron chi connectivity index (χ0n) is 18.6. The Kier molecular flexibility index (Phi) is 6.94. The van der Waals surface area contributed by atoms with Crippen molar-refractivity contribution in [3.05, 3.63) is 17.6 Å². The summed E-state index contributed by atoms with van der Waals surface area (Å²) < 4.78 is 5.34. The molecule has 0 unspecified atom stereocenters. The maximum absolute atomic E-state index is 5.34. The topological polar surface area (TPSA) is 53.5 Å². The first-order valence-corrected chi connectivity index (χ1v) is 10.9. The molecule has 0 aromatic carbocycles. The number of anilines is 1. The molecule has 2 aliphatic rings. The van der Waals surface area contributed by atoms with Crippen molar-refractivity contribution in [3.63, 3.8) is 0 Å². The van der Waals surface area contributed by atoms with E-state index in [1.807, 2.05) is 0 Å². The van der Waals surface area contributed by atoms with Gasteiger partial charge >= 0.3 is 0 Å². The number of methoxy groups -OCH3 is 1. The first-order chi connectivity index (χ1) is 13.3. The monoisotopic (exact) mass is 389 g/mol. The Morgan fingerprint density at radius 3 is 2.36 bits per heavy atom. The molecular formula is C22H39N5O. The minimum Gasteiger partial charge on any atom is -0.378 e. The first-order valence-electron chi connectivity index (χ1n) is 10.9. The highest BCUT2D eigenvalue weighted by atomic mass is 16.5. The van der Waals surface area contributed by atoms with Crippen molar-refractivity contribution in [2.24, 2.45) is 0 Å². The van der Waals surface area contributed by atoms with Crippen LogP contribution >= 0.6 is 0 Å². The molecule has 0 radical (unpaired) electrons. The predicted molar refractivity (Wildman–Crippen MR) is 115 cm³/mol. The van der Waals surface area contributed by atoms with Crippen LogP contribution in [0, 0.1) is 0 Å². The van der Waals surface area contributed by atoms with Crippen LogP contribution in [0.5, 0.6) is 0 Å². The molecule has 3 heterocycles. The second-order valence-corrected chi connectivity index (χ2v) is 9.68. The molecule has 3 rings (SSSR count). The lowest BCUT2D eigenvalue weighted by Crippen LogP contribution is -2.59. The number of aromatic nitrogens is 2. The standard InChI is InChI=1S/C22H39N5O/c1-21(2,3)20-24-18(16-28-5)15-19(25-20)23-17-22(9-13-26(4)14-10-22)27-11-7-6-8-12-27/h15H,6-14,16-17H2,1-5H3,(H,23,24,25). The van der Waals surface area contributed by atoms with Crippen LogP contribution in [0.15, 0.2) is 6.07 Å². The highest BCUT2D eigenvalue weighted by molar-refractivity contribution is 5.38. The molecule has 158 valence electrons. The molecule has 0 saturated carbocycles. The minimum atomic E-state index is -0.0850. The van der Waals surface area contributed by atoms with Gasteiger partial charge < -0.3 is 15.0 Å². The molecule has 2 fully saturated rings. The average Bonchev–Trinajstić information content (AvgIpc) is 2.68. The summed E-state index contributed by atoms with van der Waals surface area (Å²) in [6, 6.07) is 2.05. The summed E-state index contributed by atoms with van der Waals surface area (Å²) >= 11 is 0. The van der Waals surface area contributed by atoms with Crippen molar-refractivity contribution in [3.8, 4) is 0 Å². The van der Waals surface area contributed by atoms with Gasteiger partial charge in [0.25, 0.3) is 0 Å². The zero-order valence-corrected chi connectivity index (χ0v) is 18.6. The maximum atomic E-state index is 5.34. The van der Waals surface area contributed by atoms with Gasteiger partial charge in [-0.2, -0.15) is 0 Å². The summed E-state index contributed by atoms with van der Waals surface area (Å²) in [6.07, 6.45) is 6.48. The third-order valence-electron chi connectivity index (χ3n) is 6.29. The second kappa shape index (κ2) is 9.06. The fraction of sp³-hybridized carbons (Fsp3) is 0.818. The first kappa shape index (κ1) is 21.5. The van der Waals surface area contributed by atoms with Crippen molar-refractivity contribution in [1.29, 1.82) is 0 Å². The van der Waals surface area contributed by atoms with E-state index in [1.54, 1.807) is 7.11 Å². The molecule has 1 aromatic rings. The van der Waals surface area contributed by atoms with Crippen LogP contribution in [-0.2, 0) is 16.8 Å². The van der Waals surface area contributed by atoms with Crippen LogP contribution in [0.3, 0.4) is 0 Å². The summed E-state index contributed by atoms with van der Waals surface area (Å²) in [7, 11) is 3.96. The van der Waals surface area contributed by atoms with E-state index >= 15 is 0 Å². The van der Waals surface area contributed by atoms with Crippen molar-refractivity contribution in [2.75, 3.05) is 52.2 Å². The van der Waals surface area contributed by atoms with Gasteiger partial charge in [0.1, 0.15) is 11.6 Å². The second-order valence-electron chi connectivity index (χ2n) is 9.68. The Bertz CT molecular complexity index is 628. The van der Waals surface area contributed by atoms with Gasteiger partial charge in [-0.15, -0.1) is 0 Å². The van der Waals surface area contributed by atoms with Gasteiger partial charge in [-0.25, -0.2) is 9.97 Å². The smallest absolute Gasteiger partial charge is 0.136 e. The van der Waals surface area contributed by atoms with Gasteiger partial charge in [0.2, 0.25) is 0 Å². The van der Waals surface area contributed by atoms with E-state index in [9.17, 15) is 0 Å². The number of ether oxygens (including phenoxy) is 1. The Hall–Kier alpha value is -1.24. The van der Waals surface area contributed by atoms with Crippen LogP contribution in [-0.4, -0.2) is 72.2 Å². The number of piperidine rings is 2. The molecule has 2 saturated heterocycles. The molecule has 6 heteroatoms. The SMILES string of the molecule is COCc1cc(NCC2(N3CCCCC3)CCN(C)CC2)nc(C(C)(C)C)n1. The lowest BCUT2D eigenvalue weighted by atomic mass is 9.84. The van der Waals surface area contributed by atoms with Gasteiger partial charge in [-0.05, 0) is 58.9 Å². The van der Waals surface area contributed by atoms with E-state index in [-0.39, 0.29) is 11.0 Å². The number of hydrogen-bond donors (Lipinski definition) is 1. The number of hydrogen-bond acceptors (Lipinski definition) is 6. The normalized spacial score (nSPS) is 21.6. The maximum Gasteiger partial charge on any atom is 0.136 e. The van der Waals surface area contributed by atoms with Crippen LogP contribution < -0.4 is 5.32 Å². The molecule has 1 aromatic heterocycles. The van der Waals surface area contributed by atoms with Crippen LogP contribution in [0.4, 0.5) is 5.82 Å². The van der Waals surface area contributed by atoms with Gasteiger partial charge in [-0.1, -0.05) is 27.2 Å². The molecule has 6 nitrogen and oxygen atoms in total. The van der Waals surface area contributed by atoms with Crippen molar-refractivity contribution in [2.45, 2.75) is 70.4 Å². The number of likely N-dealkylation sites (tertiary alicyclic amines) is 2. The lowest BCUT2D eigenvalue weighted by molar-refractivity contribution is 0.0234. The van der Waals surface area contributed by atoms with Crippen LogP contribution in [0.1, 0.15) is 64.4 Å². The summed E-state index contributed by atoms with van der Waals surface area (Å²) in [6.45, 7) is 12.8. The number of nitrogens with one attached hydrogen (secondary N) is 1. The van der Waals surface area contributed by atoms with Gasteiger partial charge in [0, 0.05) is 30.7 Å². The van der Waals surface area contributed by atoms with Crippen molar-refractivity contribution < 1.29 is 4.74 Å². The third kappa shape index (κ3) is 5.22. The van der Waals surface area contributed by atoms with E-state index in [1.165, 1.54) is 58.3 Å². The van der Waals surface area contributed by atoms with Crippen LogP contribution in [0.25, 0.3) is 0 Å². The summed E-state index contributed by atoms with van der Waals surface area (Å²) in [5, 5.41) is 3.71. The van der Waals surface area contributed by atoms with Gasteiger partial charge in [-0.3, -0.25) is 4.90 Å². The Labute approximate surface area is 171 Å². The van der Waals surface area contributed by atoms with Crippen LogP contribution in [0.2, 0.25) is 0 Å². The molecule has 2 aliphatic heterocycles. The highest BCUT2D eigenvalue weighted by Gasteiger charge is 2.39. The fourth-order valence-corrected chi connectivity index (χ4v) is 4.41. The van der Waals surface area contributed by atoms with E-state index in [0.29, 0.717) is 6.61 Å². The largest absolute Gasteiger partial charge is 0.378 e. The number of rotatable bonds is 6.